The Bertz CT molecular complexity index is 1440. The van der Waals surface area contributed by atoms with Crippen molar-refractivity contribution in [3.8, 4) is 22.6 Å². The highest BCUT2D eigenvalue weighted by molar-refractivity contribution is 5.91. The highest BCUT2D eigenvalue weighted by Gasteiger charge is 2.13. The quantitative estimate of drug-likeness (QED) is 0.0652. The van der Waals surface area contributed by atoms with E-state index in [2.05, 4.69) is 12.3 Å². The van der Waals surface area contributed by atoms with Gasteiger partial charge in [-0.1, -0.05) is 51.2 Å². The SMILES string of the molecule is CCCCCCCCOc1ccc(-c2ccc(OC(=O)c3ccc(N(C)Nc4ccc(N(C)C)cc4)cc3)cc2F)cc1. The number of hydrogen-bond acceptors (Lipinski definition) is 6. The van der Waals surface area contributed by atoms with Crippen molar-refractivity contribution in [2.45, 2.75) is 45.4 Å². The van der Waals surface area contributed by atoms with Crippen molar-refractivity contribution in [1.82, 2.24) is 0 Å². The van der Waals surface area contributed by atoms with Gasteiger partial charge in [0.25, 0.3) is 0 Å². The number of unbranched alkanes of at least 4 members (excludes halogenated alkanes) is 5. The van der Waals surface area contributed by atoms with Crippen LogP contribution in [0.1, 0.15) is 55.8 Å². The maximum absolute atomic E-state index is 15.0. The van der Waals surface area contributed by atoms with Crippen LogP contribution in [-0.4, -0.2) is 33.7 Å². The normalized spacial score (nSPS) is 10.7. The van der Waals surface area contributed by atoms with Crippen LogP contribution in [0.3, 0.4) is 0 Å². The van der Waals surface area contributed by atoms with Crippen LogP contribution in [0.4, 0.5) is 21.5 Å². The van der Waals surface area contributed by atoms with Gasteiger partial charge in [0.2, 0.25) is 0 Å². The summed E-state index contributed by atoms with van der Waals surface area (Å²) in [4.78, 5) is 14.8. The molecular formula is C36H42FN3O3. The van der Waals surface area contributed by atoms with Crippen molar-refractivity contribution >= 4 is 23.0 Å². The first kappa shape index (κ1) is 31.4. The van der Waals surface area contributed by atoms with Crippen molar-refractivity contribution in [1.29, 1.82) is 0 Å². The lowest BCUT2D eigenvalue weighted by atomic mass is 10.0. The number of benzene rings is 4. The van der Waals surface area contributed by atoms with Crippen LogP contribution < -0.4 is 24.8 Å². The molecule has 0 saturated heterocycles. The van der Waals surface area contributed by atoms with Gasteiger partial charge in [0.1, 0.15) is 17.3 Å². The predicted molar refractivity (Wildman–Crippen MR) is 175 cm³/mol. The fraction of sp³-hybridized carbons (Fsp3) is 0.306. The van der Waals surface area contributed by atoms with Gasteiger partial charge in [0.15, 0.2) is 0 Å². The number of ether oxygens (including phenoxy) is 2. The molecule has 0 aliphatic heterocycles. The molecule has 0 amide bonds. The van der Waals surface area contributed by atoms with Crippen molar-refractivity contribution in [2.24, 2.45) is 0 Å². The van der Waals surface area contributed by atoms with E-state index in [-0.39, 0.29) is 5.75 Å². The van der Waals surface area contributed by atoms with Gasteiger partial charge in [-0.3, -0.25) is 10.4 Å². The third kappa shape index (κ3) is 9.23. The molecule has 0 atom stereocenters. The molecule has 0 aliphatic rings. The molecule has 0 aromatic heterocycles. The number of anilines is 3. The Labute approximate surface area is 255 Å². The van der Waals surface area contributed by atoms with Crippen molar-refractivity contribution in [3.63, 3.8) is 0 Å². The van der Waals surface area contributed by atoms with Gasteiger partial charge < -0.3 is 14.4 Å². The molecule has 0 heterocycles. The maximum Gasteiger partial charge on any atom is 0.343 e. The molecule has 0 spiro atoms. The summed E-state index contributed by atoms with van der Waals surface area (Å²) in [7, 11) is 5.90. The molecule has 6 nitrogen and oxygen atoms in total. The first-order chi connectivity index (χ1) is 20.8. The molecule has 0 bridgehead atoms. The molecule has 1 N–H and O–H groups in total. The molecular weight excluding hydrogens is 541 g/mol. The summed E-state index contributed by atoms with van der Waals surface area (Å²) in [5, 5.41) is 1.86. The summed E-state index contributed by atoms with van der Waals surface area (Å²) in [6.07, 6.45) is 7.28. The highest BCUT2D eigenvalue weighted by Crippen LogP contribution is 2.28. The molecule has 0 saturated carbocycles. The first-order valence-electron chi connectivity index (χ1n) is 15.0. The van der Waals surface area contributed by atoms with E-state index >= 15 is 4.39 Å². The zero-order valence-electron chi connectivity index (χ0n) is 25.6. The Morgan fingerprint density at radius 1 is 0.744 bits per heavy atom. The topological polar surface area (TPSA) is 54.0 Å². The maximum atomic E-state index is 15.0. The summed E-state index contributed by atoms with van der Waals surface area (Å²) < 4.78 is 26.3. The van der Waals surface area contributed by atoms with E-state index in [1.54, 1.807) is 24.3 Å². The van der Waals surface area contributed by atoms with Crippen molar-refractivity contribution in [2.75, 3.05) is 43.1 Å². The average Bonchev–Trinajstić information content (AvgIpc) is 3.01. The average molecular weight is 584 g/mol. The molecule has 0 fully saturated rings. The monoisotopic (exact) mass is 583 g/mol. The van der Waals surface area contributed by atoms with E-state index in [0.29, 0.717) is 17.7 Å². The highest BCUT2D eigenvalue weighted by atomic mass is 19.1. The second-order valence-corrected chi connectivity index (χ2v) is 10.8. The third-order valence-electron chi connectivity index (χ3n) is 7.25. The fourth-order valence-electron chi connectivity index (χ4n) is 4.68. The number of halogens is 1. The van der Waals surface area contributed by atoms with E-state index in [1.807, 2.05) is 91.7 Å². The van der Waals surface area contributed by atoms with E-state index in [4.69, 9.17) is 9.47 Å². The number of nitrogens with one attached hydrogen (secondary N) is 1. The van der Waals surface area contributed by atoms with Crippen LogP contribution in [0.15, 0.2) is 91.0 Å². The summed E-state index contributed by atoms with van der Waals surface area (Å²) in [5.41, 5.74) is 7.75. The second kappa shape index (κ2) is 15.6. The lowest BCUT2D eigenvalue weighted by Gasteiger charge is -2.22. The number of esters is 1. The van der Waals surface area contributed by atoms with Crippen LogP contribution in [-0.2, 0) is 0 Å². The molecule has 4 aromatic rings. The molecule has 226 valence electrons. The minimum Gasteiger partial charge on any atom is -0.494 e. The number of carbonyl (C=O) groups is 1. The van der Waals surface area contributed by atoms with Crippen LogP contribution in [0.2, 0.25) is 0 Å². The number of carbonyl (C=O) groups excluding carboxylic acids is 1. The Morgan fingerprint density at radius 3 is 2.02 bits per heavy atom. The fourth-order valence-corrected chi connectivity index (χ4v) is 4.68. The van der Waals surface area contributed by atoms with Gasteiger partial charge in [-0.15, -0.1) is 0 Å². The summed E-state index contributed by atoms with van der Waals surface area (Å²) >= 11 is 0. The molecule has 0 radical (unpaired) electrons. The van der Waals surface area contributed by atoms with Crippen LogP contribution in [0.5, 0.6) is 11.5 Å². The Hall–Kier alpha value is -4.52. The zero-order valence-corrected chi connectivity index (χ0v) is 25.6. The molecule has 4 rings (SSSR count). The Balaban J connectivity index is 1.28. The minimum atomic E-state index is -0.555. The summed E-state index contributed by atoms with van der Waals surface area (Å²) in [6.45, 7) is 2.90. The lowest BCUT2D eigenvalue weighted by molar-refractivity contribution is 0.0734. The second-order valence-electron chi connectivity index (χ2n) is 10.8. The molecule has 43 heavy (non-hydrogen) atoms. The van der Waals surface area contributed by atoms with Gasteiger partial charge in [-0.2, -0.15) is 0 Å². The van der Waals surface area contributed by atoms with E-state index in [0.717, 1.165) is 34.8 Å². The molecule has 7 heteroatoms. The van der Waals surface area contributed by atoms with Crippen LogP contribution in [0, 0.1) is 5.82 Å². The smallest absolute Gasteiger partial charge is 0.343 e. The zero-order chi connectivity index (χ0) is 30.6. The standard InChI is InChI=1S/C36H42FN3O3/c1-5-6-7-8-9-10-25-42-32-21-13-27(14-22-32)34-24-23-33(26-35(34)37)43-36(41)28-11-17-31(18-12-28)40(4)38-29-15-19-30(20-16-29)39(2)3/h11-24,26,38H,5-10,25H2,1-4H3. The van der Waals surface area contributed by atoms with Gasteiger partial charge in [-0.05, 0) is 84.8 Å². The molecule has 4 aromatic carbocycles. The largest absolute Gasteiger partial charge is 0.494 e. The summed E-state index contributed by atoms with van der Waals surface area (Å²) in [5.74, 6) is -0.0998. The minimum absolute atomic E-state index is 0.147. The predicted octanol–water partition coefficient (Wildman–Crippen LogP) is 8.98. The Kier molecular flexibility index (Phi) is 11.4. The van der Waals surface area contributed by atoms with Crippen molar-refractivity contribution in [3.05, 3.63) is 102 Å². The molecule has 0 aliphatic carbocycles. The van der Waals surface area contributed by atoms with Crippen LogP contribution in [0.25, 0.3) is 11.1 Å². The first-order valence-corrected chi connectivity index (χ1v) is 15.0. The number of hydrogen-bond donors (Lipinski definition) is 1. The van der Waals surface area contributed by atoms with Gasteiger partial charge in [-0.25, -0.2) is 9.18 Å². The number of rotatable bonds is 15. The van der Waals surface area contributed by atoms with Crippen molar-refractivity contribution < 1.29 is 18.7 Å². The molecule has 0 unspecified atom stereocenters. The van der Waals surface area contributed by atoms with E-state index in [9.17, 15) is 4.79 Å². The van der Waals surface area contributed by atoms with Crippen LogP contribution >= 0.6 is 0 Å². The van der Waals surface area contributed by atoms with Gasteiger partial charge in [0.05, 0.1) is 23.5 Å². The van der Waals surface area contributed by atoms with Gasteiger partial charge in [0, 0.05) is 38.5 Å². The van der Waals surface area contributed by atoms with E-state index in [1.165, 1.54) is 38.2 Å². The summed E-state index contributed by atoms with van der Waals surface area (Å²) in [6, 6.07) is 27.0. The number of nitrogens with zero attached hydrogens (tertiary/aromatic N) is 2. The van der Waals surface area contributed by atoms with E-state index < -0.39 is 11.8 Å². The lowest BCUT2D eigenvalue weighted by Crippen LogP contribution is -2.24. The van der Waals surface area contributed by atoms with Gasteiger partial charge >= 0.3 is 5.97 Å². The third-order valence-corrected chi connectivity index (χ3v) is 7.25. The number of hydrazine groups is 1. The Morgan fingerprint density at radius 2 is 1.37 bits per heavy atom.